The van der Waals surface area contributed by atoms with E-state index in [1.807, 2.05) is 0 Å². The van der Waals surface area contributed by atoms with Crippen LogP contribution in [0.1, 0.15) is 10.4 Å². The van der Waals surface area contributed by atoms with Crippen molar-refractivity contribution in [2.45, 2.75) is 0 Å². The number of hydrogen-bond acceptors (Lipinski definition) is 7. The predicted molar refractivity (Wildman–Crippen MR) is 85.0 cm³/mol. The van der Waals surface area contributed by atoms with Gasteiger partial charge in [0.15, 0.2) is 11.5 Å². The Morgan fingerprint density at radius 3 is 2.33 bits per heavy atom. The maximum absolute atomic E-state index is 11.6. The van der Waals surface area contributed by atoms with E-state index in [0.717, 1.165) is 0 Å². The third-order valence-electron chi connectivity index (χ3n) is 3.50. The molecule has 0 unspecified atom stereocenters. The molecule has 8 nitrogen and oxygen atoms in total. The van der Waals surface area contributed by atoms with Crippen LogP contribution >= 0.6 is 0 Å². The van der Waals surface area contributed by atoms with Gasteiger partial charge >= 0.3 is 5.97 Å². The fourth-order valence-corrected chi connectivity index (χ4v) is 2.28. The molecule has 2 aromatic carbocycles. The Hall–Kier alpha value is -3.29. The Labute approximate surface area is 137 Å². The van der Waals surface area contributed by atoms with Crippen LogP contribution in [-0.2, 0) is 4.74 Å². The van der Waals surface area contributed by atoms with Gasteiger partial charge in [0.25, 0.3) is 0 Å². The van der Waals surface area contributed by atoms with Crippen molar-refractivity contribution in [3.05, 3.63) is 35.9 Å². The standard InChI is InChI=1S/C16H15N3O5/c1-22-14-7-12(13(20)8-15(14)23-2)19-17-10-5-4-9(16(21)24-3)6-11(10)18-19/h4-8,20H,1-3H3. The number of methoxy groups -OCH3 is 3. The summed E-state index contributed by atoms with van der Waals surface area (Å²) in [6.07, 6.45) is 0. The third kappa shape index (κ3) is 2.58. The summed E-state index contributed by atoms with van der Waals surface area (Å²) >= 11 is 0. The number of esters is 1. The van der Waals surface area contributed by atoms with E-state index in [9.17, 15) is 9.90 Å². The van der Waals surface area contributed by atoms with Crippen LogP contribution in [0.25, 0.3) is 16.7 Å². The van der Waals surface area contributed by atoms with E-state index in [4.69, 9.17) is 9.47 Å². The zero-order valence-corrected chi connectivity index (χ0v) is 13.3. The molecule has 0 amide bonds. The minimum atomic E-state index is -0.458. The number of nitrogens with zero attached hydrogens (tertiary/aromatic N) is 3. The summed E-state index contributed by atoms with van der Waals surface area (Å²) in [7, 11) is 4.28. The maximum atomic E-state index is 11.6. The van der Waals surface area contributed by atoms with Crippen molar-refractivity contribution in [1.82, 2.24) is 15.0 Å². The molecule has 0 fully saturated rings. The van der Waals surface area contributed by atoms with E-state index < -0.39 is 5.97 Å². The van der Waals surface area contributed by atoms with Gasteiger partial charge in [0, 0.05) is 12.1 Å². The average molecular weight is 329 g/mol. The van der Waals surface area contributed by atoms with Crippen molar-refractivity contribution in [2.75, 3.05) is 21.3 Å². The monoisotopic (exact) mass is 329 g/mol. The zero-order valence-electron chi connectivity index (χ0n) is 13.3. The minimum absolute atomic E-state index is 0.0684. The Morgan fingerprint density at radius 1 is 1.00 bits per heavy atom. The number of fused-ring (bicyclic) bond motifs is 1. The highest BCUT2D eigenvalue weighted by Gasteiger charge is 2.15. The van der Waals surface area contributed by atoms with Crippen LogP contribution in [0.2, 0.25) is 0 Å². The molecule has 0 aliphatic carbocycles. The van der Waals surface area contributed by atoms with Gasteiger partial charge in [-0.1, -0.05) is 0 Å². The Morgan fingerprint density at radius 2 is 1.67 bits per heavy atom. The number of carbonyl (C=O) groups excluding carboxylic acids is 1. The molecule has 0 saturated carbocycles. The molecule has 124 valence electrons. The normalized spacial score (nSPS) is 10.6. The van der Waals surface area contributed by atoms with Gasteiger partial charge in [-0.3, -0.25) is 0 Å². The molecular formula is C16H15N3O5. The second kappa shape index (κ2) is 6.07. The fraction of sp³-hybridized carbons (Fsp3) is 0.188. The number of hydrogen-bond donors (Lipinski definition) is 1. The summed E-state index contributed by atoms with van der Waals surface area (Å²) in [5.41, 5.74) is 1.75. The molecule has 0 aliphatic heterocycles. The van der Waals surface area contributed by atoms with Gasteiger partial charge in [-0.05, 0) is 18.2 Å². The maximum Gasteiger partial charge on any atom is 0.337 e. The number of aromatic nitrogens is 3. The summed E-state index contributed by atoms with van der Waals surface area (Å²) < 4.78 is 15.0. The minimum Gasteiger partial charge on any atom is -0.505 e. The van der Waals surface area contributed by atoms with Gasteiger partial charge in [0.2, 0.25) is 0 Å². The number of aromatic hydroxyl groups is 1. The summed E-state index contributed by atoms with van der Waals surface area (Å²) in [4.78, 5) is 12.9. The number of phenols is 1. The highest BCUT2D eigenvalue weighted by atomic mass is 16.5. The SMILES string of the molecule is COC(=O)c1ccc2nn(-c3cc(OC)c(OC)cc3O)nc2c1. The predicted octanol–water partition coefficient (Wildman–Crippen LogP) is 1.93. The van der Waals surface area contributed by atoms with E-state index >= 15 is 0 Å². The third-order valence-corrected chi connectivity index (χ3v) is 3.50. The molecule has 3 aromatic rings. The first-order valence-corrected chi connectivity index (χ1v) is 6.98. The van der Waals surface area contributed by atoms with Crippen LogP contribution in [0.15, 0.2) is 30.3 Å². The van der Waals surface area contributed by atoms with Gasteiger partial charge in [0.05, 0.1) is 26.9 Å². The van der Waals surface area contributed by atoms with E-state index in [0.29, 0.717) is 33.8 Å². The van der Waals surface area contributed by atoms with Crippen LogP contribution in [0.5, 0.6) is 17.2 Å². The number of ether oxygens (including phenoxy) is 3. The molecule has 3 rings (SSSR count). The number of phenolic OH excluding ortho intramolecular Hbond substituents is 1. The fourth-order valence-electron chi connectivity index (χ4n) is 2.28. The molecule has 8 heteroatoms. The highest BCUT2D eigenvalue weighted by Crippen LogP contribution is 2.35. The van der Waals surface area contributed by atoms with E-state index in [-0.39, 0.29) is 5.75 Å². The molecule has 1 N–H and O–H groups in total. The van der Waals surface area contributed by atoms with Crippen LogP contribution < -0.4 is 9.47 Å². The van der Waals surface area contributed by atoms with Crippen LogP contribution in [0.4, 0.5) is 0 Å². The molecule has 0 bridgehead atoms. The lowest BCUT2D eigenvalue weighted by Crippen LogP contribution is -2.01. The number of carbonyl (C=O) groups is 1. The van der Waals surface area contributed by atoms with Crippen LogP contribution in [0.3, 0.4) is 0 Å². The summed E-state index contributed by atoms with van der Waals surface area (Å²) in [6.45, 7) is 0. The Balaban J connectivity index is 2.11. The molecular weight excluding hydrogens is 314 g/mol. The first kappa shape index (κ1) is 15.6. The van der Waals surface area contributed by atoms with Gasteiger partial charge in [-0.2, -0.15) is 0 Å². The van der Waals surface area contributed by atoms with Crippen molar-refractivity contribution < 1.29 is 24.1 Å². The van der Waals surface area contributed by atoms with Crippen molar-refractivity contribution >= 4 is 17.0 Å². The first-order valence-electron chi connectivity index (χ1n) is 6.98. The van der Waals surface area contributed by atoms with Crippen molar-refractivity contribution in [3.8, 4) is 22.9 Å². The zero-order chi connectivity index (χ0) is 17.3. The van der Waals surface area contributed by atoms with Crippen LogP contribution in [-0.4, -0.2) is 47.4 Å². The molecule has 1 heterocycles. The average Bonchev–Trinajstić information content (AvgIpc) is 3.03. The lowest BCUT2D eigenvalue weighted by Gasteiger charge is -2.10. The molecule has 0 atom stereocenters. The van der Waals surface area contributed by atoms with Crippen molar-refractivity contribution in [1.29, 1.82) is 0 Å². The summed E-state index contributed by atoms with van der Waals surface area (Å²) in [5, 5.41) is 18.8. The quantitative estimate of drug-likeness (QED) is 0.731. The lowest BCUT2D eigenvalue weighted by atomic mass is 10.2. The molecule has 0 aliphatic rings. The topological polar surface area (TPSA) is 95.7 Å². The largest absolute Gasteiger partial charge is 0.505 e. The second-order valence-corrected chi connectivity index (χ2v) is 4.88. The van der Waals surface area contributed by atoms with Gasteiger partial charge in [-0.25, -0.2) is 4.79 Å². The van der Waals surface area contributed by atoms with Crippen LogP contribution in [0, 0.1) is 0 Å². The van der Waals surface area contributed by atoms with Gasteiger partial charge in [-0.15, -0.1) is 15.0 Å². The summed E-state index contributed by atoms with van der Waals surface area (Å²) in [5.74, 6) is 0.298. The highest BCUT2D eigenvalue weighted by molar-refractivity contribution is 5.93. The van der Waals surface area contributed by atoms with Crippen molar-refractivity contribution in [3.63, 3.8) is 0 Å². The Bertz CT molecular complexity index is 919. The summed E-state index contributed by atoms with van der Waals surface area (Å²) in [6, 6.07) is 7.81. The van der Waals surface area contributed by atoms with E-state index in [2.05, 4.69) is 14.9 Å². The van der Waals surface area contributed by atoms with Crippen molar-refractivity contribution in [2.24, 2.45) is 0 Å². The second-order valence-electron chi connectivity index (χ2n) is 4.88. The van der Waals surface area contributed by atoms with E-state index in [1.54, 1.807) is 24.3 Å². The van der Waals surface area contributed by atoms with Gasteiger partial charge < -0.3 is 19.3 Å². The number of rotatable bonds is 4. The molecule has 0 spiro atoms. The molecule has 0 radical (unpaired) electrons. The lowest BCUT2D eigenvalue weighted by molar-refractivity contribution is 0.0601. The molecule has 24 heavy (non-hydrogen) atoms. The van der Waals surface area contributed by atoms with Gasteiger partial charge in [0.1, 0.15) is 22.5 Å². The first-order chi connectivity index (χ1) is 11.6. The smallest absolute Gasteiger partial charge is 0.337 e. The molecule has 1 aromatic heterocycles. The molecule has 0 saturated heterocycles. The Kier molecular flexibility index (Phi) is 3.95. The number of benzene rings is 2. The van der Waals surface area contributed by atoms with E-state index in [1.165, 1.54) is 32.2 Å².